The van der Waals surface area contributed by atoms with E-state index in [-0.39, 0.29) is 0 Å². The number of aryl methyl sites for hydroxylation is 1. The van der Waals surface area contributed by atoms with Crippen LogP contribution in [0, 0.1) is 11.3 Å². The van der Waals surface area contributed by atoms with E-state index in [1.807, 2.05) is 13.0 Å². The van der Waals surface area contributed by atoms with Gasteiger partial charge in [0.1, 0.15) is 0 Å². The van der Waals surface area contributed by atoms with Crippen LogP contribution in [0.15, 0.2) is 6.20 Å². The van der Waals surface area contributed by atoms with Gasteiger partial charge in [-0.3, -0.25) is 4.68 Å². The van der Waals surface area contributed by atoms with Crippen molar-refractivity contribution in [1.82, 2.24) is 15.0 Å². The van der Waals surface area contributed by atoms with Crippen LogP contribution in [0.25, 0.3) is 0 Å². The molecule has 1 rings (SSSR count). The first-order valence-corrected chi connectivity index (χ1v) is 3.12. The Morgan fingerprint density at radius 2 is 2.60 bits per heavy atom. The maximum absolute atomic E-state index is 8.27. The fraction of sp³-hybridized carbons (Fsp3) is 0.500. The summed E-state index contributed by atoms with van der Waals surface area (Å²) in [7, 11) is 0. The van der Waals surface area contributed by atoms with Gasteiger partial charge in [0.25, 0.3) is 0 Å². The van der Waals surface area contributed by atoms with Gasteiger partial charge in [0, 0.05) is 12.7 Å². The fourth-order valence-corrected chi connectivity index (χ4v) is 0.655. The number of aromatic nitrogens is 3. The van der Waals surface area contributed by atoms with Crippen molar-refractivity contribution in [3.05, 3.63) is 11.9 Å². The Morgan fingerprint density at radius 3 is 3.10 bits per heavy atom. The molecule has 4 nitrogen and oxygen atoms in total. The highest BCUT2D eigenvalue weighted by molar-refractivity contribution is 4.99. The molecule has 0 aliphatic carbocycles. The largest absolute Gasteiger partial charge is 0.253 e. The van der Waals surface area contributed by atoms with Crippen molar-refractivity contribution in [2.24, 2.45) is 0 Å². The monoisotopic (exact) mass is 136 g/mol. The lowest BCUT2D eigenvalue weighted by Gasteiger charge is -1.86. The van der Waals surface area contributed by atoms with E-state index in [2.05, 4.69) is 10.3 Å². The third-order valence-corrected chi connectivity index (χ3v) is 1.17. The zero-order valence-electron chi connectivity index (χ0n) is 5.78. The molecule has 1 aromatic rings. The van der Waals surface area contributed by atoms with Gasteiger partial charge in [0.05, 0.1) is 18.2 Å². The van der Waals surface area contributed by atoms with Gasteiger partial charge >= 0.3 is 0 Å². The lowest BCUT2D eigenvalue weighted by molar-refractivity contribution is 0.626. The van der Waals surface area contributed by atoms with Gasteiger partial charge in [-0.15, -0.1) is 5.10 Å². The highest BCUT2D eigenvalue weighted by Crippen LogP contribution is 1.91. The predicted octanol–water partition coefficient (Wildman–Crippen LogP) is 0.364. The van der Waals surface area contributed by atoms with Gasteiger partial charge in [-0.2, -0.15) is 5.26 Å². The highest BCUT2D eigenvalue weighted by atomic mass is 15.4. The van der Waals surface area contributed by atoms with Gasteiger partial charge in [-0.1, -0.05) is 5.21 Å². The van der Waals surface area contributed by atoms with E-state index in [4.69, 9.17) is 5.26 Å². The second kappa shape index (κ2) is 2.97. The third-order valence-electron chi connectivity index (χ3n) is 1.17. The van der Waals surface area contributed by atoms with Crippen LogP contribution in [0.5, 0.6) is 0 Å². The molecule has 0 unspecified atom stereocenters. The Kier molecular flexibility index (Phi) is 2.00. The van der Waals surface area contributed by atoms with Crippen LogP contribution in [0.2, 0.25) is 0 Å². The zero-order valence-corrected chi connectivity index (χ0v) is 5.78. The Labute approximate surface area is 59.1 Å². The van der Waals surface area contributed by atoms with Crippen LogP contribution in [0.4, 0.5) is 0 Å². The van der Waals surface area contributed by atoms with E-state index in [1.54, 1.807) is 10.9 Å². The van der Waals surface area contributed by atoms with E-state index in [0.717, 1.165) is 12.2 Å². The molecule has 1 aromatic heterocycles. The van der Waals surface area contributed by atoms with Crippen LogP contribution in [0.1, 0.15) is 12.6 Å². The Bertz CT molecular complexity index is 244. The van der Waals surface area contributed by atoms with Crippen molar-refractivity contribution in [2.75, 3.05) is 0 Å². The quantitative estimate of drug-likeness (QED) is 0.590. The summed E-state index contributed by atoms with van der Waals surface area (Å²) in [4.78, 5) is 0. The van der Waals surface area contributed by atoms with E-state index in [9.17, 15) is 0 Å². The summed E-state index contributed by atoms with van der Waals surface area (Å²) in [6.45, 7) is 2.78. The van der Waals surface area contributed by atoms with Crippen LogP contribution in [-0.2, 0) is 13.0 Å². The van der Waals surface area contributed by atoms with E-state index in [1.165, 1.54) is 0 Å². The molecule has 0 bridgehead atoms. The number of nitriles is 1. The van der Waals surface area contributed by atoms with Gasteiger partial charge in [0.2, 0.25) is 0 Å². The molecule has 0 fully saturated rings. The summed E-state index contributed by atoms with van der Waals surface area (Å²) in [5, 5.41) is 15.8. The van der Waals surface area contributed by atoms with Crippen molar-refractivity contribution < 1.29 is 0 Å². The molecule has 52 valence electrons. The van der Waals surface area contributed by atoms with Gasteiger partial charge < -0.3 is 0 Å². The summed E-state index contributed by atoms with van der Waals surface area (Å²) in [5.74, 6) is 0. The molecular formula is C6H8N4. The summed E-state index contributed by atoms with van der Waals surface area (Å²) in [6, 6.07) is 2.01. The summed E-state index contributed by atoms with van der Waals surface area (Å²) >= 11 is 0. The number of hydrogen-bond donors (Lipinski definition) is 0. The normalized spacial score (nSPS) is 9.20. The maximum Gasteiger partial charge on any atom is 0.0967 e. The van der Waals surface area contributed by atoms with Gasteiger partial charge in [-0.05, 0) is 6.92 Å². The molecule has 0 saturated heterocycles. The molecule has 10 heavy (non-hydrogen) atoms. The van der Waals surface area contributed by atoms with Crippen molar-refractivity contribution >= 4 is 0 Å². The number of rotatable bonds is 2. The average Bonchev–Trinajstić information content (AvgIpc) is 2.37. The van der Waals surface area contributed by atoms with Gasteiger partial charge in [-0.25, -0.2) is 0 Å². The van der Waals surface area contributed by atoms with Crippen LogP contribution < -0.4 is 0 Å². The zero-order chi connectivity index (χ0) is 7.40. The lowest BCUT2D eigenvalue weighted by Crippen LogP contribution is -1.93. The molecule has 0 radical (unpaired) electrons. The van der Waals surface area contributed by atoms with Crippen molar-refractivity contribution in [1.29, 1.82) is 5.26 Å². The molecule has 0 aromatic carbocycles. The molecule has 0 N–H and O–H groups in total. The Hall–Kier alpha value is -1.37. The van der Waals surface area contributed by atoms with Crippen LogP contribution >= 0.6 is 0 Å². The first-order chi connectivity index (χ1) is 4.86. The van der Waals surface area contributed by atoms with Crippen molar-refractivity contribution in [3.8, 4) is 6.07 Å². The molecule has 0 atom stereocenters. The maximum atomic E-state index is 8.27. The first kappa shape index (κ1) is 6.75. The predicted molar refractivity (Wildman–Crippen MR) is 35.0 cm³/mol. The minimum absolute atomic E-state index is 0.347. The van der Waals surface area contributed by atoms with E-state index >= 15 is 0 Å². The lowest BCUT2D eigenvalue weighted by atomic mass is 10.4. The first-order valence-electron chi connectivity index (χ1n) is 3.12. The average molecular weight is 136 g/mol. The molecule has 0 amide bonds. The van der Waals surface area contributed by atoms with Crippen LogP contribution in [0.3, 0.4) is 0 Å². The van der Waals surface area contributed by atoms with Crippen LogP contribution in [-0.4, -0.2) is 15.0 Å². The fourth-order valence-electron chi connectivity index (χ4n) is 0.655. The van der Waals surface area contributed by atoms with E-state index < -0.39 is 0 Å². The molecule has 0 spiro atoms. The number of hydrogen-bond acceptors (Lipinski definition) is 3. The summed E-state index contributed by atoms with van der Waals surface area (Å²) in [6.07, 6.45) is 2.13. The smallest absolute Gasteiger partial charge is 0.0967 e. The second-order valence-corrected chi connectivity index (χ2v) is 1.90. The summed E-state index contributed by atoms with van der Waals surface area (Å²) in [5.41, 5.74) is 0.740. The molecule has 0 aliphatic heterocycles. The summed E-state index contributed by atoms with van der Waals surface area (Å²) < 4.78 is 1.70. The van der Waals surface area contributed by atoms with E-state index in [0.29, 0.717) is 6.42 Å². The molecule has 4 heteroatoms. The Balaban J connectivity index is 2.70. The van der Waals surface area contributed by atoms with Crippen molar-refractivity contribution in [3.63, 3.8) is 0 Å². The molecular weight excluding hydrogens is 128 g/mol. The molecule has 0 aliphatic rings. The minimum atomic E-state index is 0.347. The highest BCUT2D eigenvalue weighted by Gasteiger charge is 1.95. The van der Waals surface area contributed by atoms with Crippen molar-refractivity contribution in [2.45, 2.75) is 19.9 Å². The second-order valence-electron chi connectivity index (χ2n) is 1.90. The standard InChI is InChI=1S/C6H8N4/c1-2-10-5-6(3-4-7)8-9-10/h5H,2-3H2,1H3. The minimum Gasteiger partial charge on any atom is -0.253 e. The topological polar surface area (TPSA) is 54.5 Å². The third kappa shape index (κ3) is 1.32. The molecule has 0 saturated carbocycles. The molecule has 1 heterocycles. The van der Waals surface area contributed by atoms with Gasteiger partial charge in [0.15, 0.2) is 0 Å². The number of nitrogens with zero attached hydrogens (tertiary/aromatic N) is 4. The SMILES string of the molecule is CCn1cc(CC#N)nn1. The Morgan fingerprint density at radius 1 is 1.80 bits per heavy atom.